The maximum Gasteiger partial charge on any atom is 0.277 e. The number of methoxy groups -OCH3 is 1. The Kier molecular flexibility index (Phi) is 8.34. The standard InChI is InChI=1S/C22H28N2O4/c1-5-16(3)18-8-10-19(11-9-18)28-15-22(25)24-23-14-17-7-12-20(26-4)21(13-17)27-6-2/h7-14,16H,5-6,15H2,1-4H3,(H,24,25). The van der Waals surface area contributed by atoms with Gasteiger partial charge in [-0.1, -0.05) is 26.0 Å². The first kappa shape index (κ1) is 21.3. The number of nitrogens with one attached hydrogen (secondary N) is 1. The fraction of sp³-hybridized carbons (Fsp3) is 0.364. The number of benzene rings is 2. The van der Waals surface area contributed by atoms with E-state index in [4.69, 9.17) is 14.2 Å². The molecule has 1 amide bonds. The molecule has 0 radical (unpaired) electrons. The molecule has 2 rings (SSSR count). The maximum absolute atomic E-state index is 11.9. The minimum atomic E-state index is -0.333. The number of hydrogen-bond acceptors (Lipinski definition) is 5. The Balaban J connectivity index is 1.84. The molecule has 0 fully saturated rings. The highest BCUT2D eigenvalue weighted by molar-refractivity contribution is 5.83. The predicted molar refractivity (Wildman–Crippen MR) is 111 cm³/mol. The Labute approximate surface area is 166 Å². The molecule has 1 atom stereocenters. The molecule has 0 saturated heterocycles. The van der Waals surface area contributed by atoms with Crippen molar-refractivity contribution in [1.82, 2.24) is 5.43 Å². The van der Waals surface area contributed by atoms with Crippen LogP contribution in [-0.4, -0.2) is 32.4 Å². The molecule has 1 unspecified atom stereocenters. The predicted octanol–water partition coefficient (Wildman–Crippen LogP) is 4.14. The van der Waals surface area contributed by atoms with E-state index < -0.39 is 0 Å². The smallest absolute Gasteiger partial charge is 0.277 e. The summed E-state index contributed by atoms with van der Waals surface area (Å²) in [5.74, 6) is 2.11. The zero-order valence-electron chi connectivity index (χ0n) is 16.9. The Bertz CT molecular complexity index is 788. The number of carbonyl (C=O) groups excluding carboxylic acids is 1. The fourth-order valence-corrected chi connectivity index (χ4v) is 2.53. The van der Waals surface area contributed by atoms with Gasteiger partial charge in [0.2, 0.25) is 0 Å². The molecule has 0 heterocycles. The molecule has 0 spiro atoms. The number of carbonyl (C=O) groups is 1. The van der Waals surface area contributed by atoms with Crippen LogP contribution in [0.5, 0.6) is 17.2 Å². The van der Waals surface area contributed by atoms with Crippen molar-refractivity contribution in [3.63, 3.8) is 0 Å². The van der Waals surface area contributed by atoms with Crippen LogP contribution in [0.15, 0.2) is 47.6 Å². The van der Waals surface area contributed by atoms with Crippen molar-refractivity contribution in [3.8, 4) is 17.2 Å². The Morgan fingerprint density at radius 2 is 1.86 bits per heavy atom. The summed E-state index contributed by atoms with van der Waals surface area (Å²) in [6.45, 7) is 6.67. The maximum atomic E-state index is 11.9. The zero-order chi connectivity index (χ0) is 20.4. The van der Waals surface area contributed by atoms with Crippen molar-refractivity contribution >= 4 is 12.1 Å². The zero-order valence-corrected chi connectivity index (χ0v) is 16.9. The minimum absolute atomic E-state index is 0.104. The molecule has 6 heteroatoms. The quantitative estimate of drug-likeness (QED) is 0.494. The van der Waals surface area contributed by atoms with Crippen LogP contribution in [0.25, 0.3) is 0 Å². The second-order valence-electron chi connectivity index (χ2n) is 6.30. The first-order valence-electron chi connectivity index (χ1n) is 9.42. The van der Waals surface area contributed by atoms with Gasteiger partial charge < -0.3 is 14.2 Å². The van der Waals surface area contributed by atoms with Gasteiger partial charge in [-0.15, -0.1) is 0 Å². The summed E-state index contributed by atoms with van der Waals surface area (Å²) in [6, 6.07) is 13.2. The van der Waals surface area contributed by atoms with Crippen molar-refractivity contribution in [2.24, 2.45) is 5.10 Å². The van der Waals surface area contributed by atoms with Gasteiger partial charge in [0.15, 0.2) is 18.1 Å². The van der Waals surface area contributed by atoms with Gasteiger partial charge in [-0.3, -0.25) is 4.79 Å². The van der Waals surface area contributed by atoms with Crippen molar-refractivity contribution < 1.29 is 19.0 Å². The second kappa shape index (κ2) is 11.0. The molecule has 28 heavy (non-hydrogen) atoms. The summed E-state index contributed by atoms with van der Waals surface area (Å²) in [6.07, 6.45) is 2.63. The number of rotatable bonds is 10. The SMILES string of the molecule is CCOc1cc(C=NNC(=O)COc2ccc(C(C)CC)cc2)ccc1OC. The summed E-state index contributed by atoms with van der Waals surface area (Å²) in [4.78, 5) is 11.9. The van der Waals surface area contributed by atoms with Gasteiger partial charge in [-0.2, -0.15) is 5.10 Å². The van der Waals surface area contributed by atoms with Crippen LogP contribution in [0.1, 0.15) is 44.2 Å². The van der Waals surface area contributed by atoms with Crippen LogP contribution in [0.2, 0.25) is 0 Å². The molecule has 0 aliphatic rings. The lowest BCUT2D eigenvalue weighted by Gasteiger charge is -2.10. The first-order valence-corrected chi connectivity index (χ1v) is 9.42. The van der Waals surface area contributed by atoms with Crippen molar-refractivity contribution in [3.05, 3.63) is 53.6 Å². The molecule has 6 nitrogen and oxygen atoms in total. The number of hydrazone groups is 1. The molecule has 0 aliphatic heterocycles. The van der Waals surface area contributed by atoms with Crippen LogP contribution in [0, 0.1) is 0 Å². The van der Waals surface area contributed by atoms with Crippen LogP contribution < -0.4 is 19.6 Å². The van der Waals surface area contributed by atoms with Gasteiger partial charge in [0, 0.05) is 0 Å². The normalized spacial score (nSPS) is 11.9. The number of nitrogens with zero attached hydrogens (tertiary/aromatic N) is 1. The first-order chi connectivity index (χ1) is 13.6. The van der Waals surface area contributed by atoms with Gasteiger partial charge >= 0.3 is 0 Å². The number of amides is 1. The largest absolute Gasteiger partial charge is 0.493 e. The molecule has 0 aliphatic carbocycles. The van der Waals surface area contributed by atoms with E-state index in [-0.39, 0.29) is 12.5 Å². The Morgan fingerprint density at radius 3 is 2.50 bits per heavy atom. The second-order valence-corrected chi connectivity index (χ2v) is 6.30. The lowest BCUT2D eigenvalue weighted by atomic mass is 9.99. The molecular weight excluding hydrogens is 356 g/mol. The summed E-state index contributed by atoms with van der Waals surface area (Å²) in [5, 5.41) is 3.96. The molecule has 1 N–H and O–H groups in total. The minimum Gasteiger partial charge on any atom is -0.493 e. The van der Waals surface area contributed by atoms with Crippen molar-refractivity contribution in [1.29, 1.82) is 0 Å². The van der Waals surface area contributed by atoms with E-state index in [0.717, 1.165) is 12.0 Å². The monoisotopic (exact) mass is 384 g/mol. The van der Waals surface area contributed by atoms with Gasteiger partial charge in [-0.05, 0) is 60.7 Å². The average molecular weight is 384 g/mol. The lowest BCUT2D eigenvalue weighted by Crippen LogP contribution is -2.24. The molecular formula is C22H28N2O4. The molecule has 0 aromatic heterocycles. The third-order valence-corrected chi connectivity index (χ3v) is 4.32. The van der Waals surface area contributed by atoms with E-state index in [9.17, 15) is 4.79 Å². The highest BCUT2D eigenvalue weighted by atomic mass is 16.5. The summed E-state index contributed by atoms with van der Waals surface area (Å²) < 4.78 is 16.3. The van der Waals surface area contributed by atoms with Crippen LogP contribution >= 0.6 is 0 Å². The average Bonchev–Trinajstić information content (AvgIpc) is 2.72. The summed E-state index contributed by atoms with van der Waals surface area (Å²) in [5.41, 5.74) is 4.50. The molecule has 2 aromatic rings. The third-order valence-electron chi connectivity index (χ3n) is 4.32. The summed E-state index contributed by atoms with van der Waals surface area (Å²) >= 11 is 0. The van der Waals surface area contributed by atoms with Crippen molar-refractivity contribution in [2.45, 2.75) is 33.1 Å². The number of ether oxygens (including phenoxy) is 3. The highest BCUT2D eigenvalue weighted by Gasteiger charge is 2.06. The van der Waals surface area contributed by atoms with E-state index in [1.165, 1.54) is 5.56 Å². The van der Waals surface area contributed by atoms with E-state index in [0.29, 0.717) is 29.8 Å². The summed E-state index contributed by atoms with van der Waals surface area (Å²) in [7, 11) is 1.59. The van der Waals surface area contributed by atoms with E-state index >= 15 is 0 Å². The lowest BCUT2D eigenvalue weighted by molar-refractivity contribution is -0.123. The van der Waals surface area contributed by atoms with Gasteiger partial charge in [-0.25, -0.2) is 5.43 Å². The van der Waals surface area contributed by atoms with Crippen molar-refractivity contribution in [2.75, 3.05) is 20.3 Å². The van der Waals surface area contributed by atoms with Gasteiger partial charge in [0.1, 0.15) is 5.75 Å². The fourth-order valence-electron chi connectivity index (χ4n) is 2.53. The van der Waals surface area contributed by atoms with E-state index in [2.05, 4.69) is 24.4 Å². The van der Waals surface area contributed by atoms with Gasteiger partial charge in [0.25, 0.3) is 5.91 Å². The third kappa shape index (κ3) is 6.30. The van der Waals surface area contributed by atoms with E-state index in [1.54, 1.807) is 25.5 Å². The Morgan fingerprint density at radius 1 is 1.11 bits per heavy atom. The highest BCUT2D eigenvalue weighted by Crippen LogP contribution is 2.27. The molecule has 150 valence electrons. The van der Waals surface area contributed by atoms with Crippen LogP contribution in [0.4, 0.5) is 0 Å². The molecule has 0 saturated carbocycles. The van der Waals surface area contributed by atoms with Crippen LogP contribution in [0.3, 0.4) is 0 Å². The Hall–Kier alpha value is -3.02. The van der Waals surface area contributed by atoms with Gasteiger partial charge in [0.05, 0.1) is 19.9 Å². The van der Waals surface area contributed by atoms with E-state index in [1.807, 2.05) is 37.3 Å². The topological polar surface area (TPSA) is 69.2 Å². The van der Waals surface area contributed by atoms with Crippen LogP contribution in [-0.2, 0) is 4.79 Å². The number of hydrogen-bond donors (Lipinski definition) is 1. The molecule has 0 bridgehead atoms. The molecule has 2 aromatic carbocycles.